The molecule has 0 unspecified atom stereocenters. The van der Waals surface area contributed by atoms with Gasteiger partial charge >= 0.3 is 0 Å². The number of amides is 1. The summed E-state index contributed by atoms with van der Waals surface area (Å²) in [6.45, 7) is 5.94. The molecule has 1 N–H and O–H groups in total. The Bertz CT molecular complexity index is 780. The molecule has 1 amide bonds. The highest BCUT2D eigenvalue weighted by Gasteiger charge is 2.28. The second-order valence-corrected chi connectivity index (χ2v) is 7.81. The van der Waals surface area contributed by atoms with Gasteiger partial charge in [0.2, 0.25) is 5.91 Å². The lowest BCUT2D eigenvalue weighted by Crippen LogP contribution is -2.35. The Morgan fingerprint density at radius 1 is 1.14 bits per heavy atom. The van der Waals surface area contributed by atoms with Gasteiger partial charge in [-0.05, 0) is 49.2 Å². The van der Waals surface area contributed by atoms with Crippen LogP contribution in [0.2, 0.25) is 0 Å². The molecule has 6 heteroatoms. The van der Waals surface area contributed by atoms with Gasteiger partial charge < -0.3 is 14.6 Å². The van der Waals surface area contributed by atoms with E-state index in [1.54, 1.807) is 0 Å². The monoisotopic (exact) mass is 382 g/mol. The molecule has 2 fully saturated rings. The minimum absolute atomic E-state index is 0.0574. The van der Waals surface area contributed by atoms with Crippen molar-refractivity contribution in [3.05, 3.63) is 53.9 Å². The van der Waals surface area contributed by atoms with Crippen molar-refractivity contribution in [2.75, 3.05) is 44.7 Å². The maximum Gasteiger partial charge on any atom is 0.238 e. The summed E-state index contributed by atoms with van der Waals surface area (Å²) in [4.78, 5) is 17.3. The van der Waals surface area contributed by atoms with E-state index in [1.807, 2.05) is 12.1 Å². The Labute approximate surface area is 167 Å². The molecule has 1 atom stereocenters. The Balaban J connectivity index is 1.30. The number of nitrogens with one attached hydrogen (secondary N) is 1. The molecule has 6 nitrogen and oxygen atoms in total. The normalized spacial score (nSPS) is 21.1. The quantitative estimate of drug-likeness (QED) is 0.835. The van der Waals surface area contributed by atoms with E-state index in [0.29, 0.717) is 12.6 Å². The van der Waals surface area contributed by atoms with Gasteiger partial charge in [-0.3, -0.25) is 14.6 Å². The first-order valence-corrected chi connectivity index (χ1v) is 10.2. The third-order valence-corrected chi connectivity index (χ3v) is 5.78. The molecule has 28 heavy (non-hydrogen) atoms. The van der Waals surface area contributed by atoms with Crippen LogP contribution in [0, 0.1) is 0 Å². The molecule has 0 saturated carbocycles. The number of morpholine rings is 1. The van der Waals surface area contributed by atoms with Crippen LogP contribution in [0.15, 0.2) is 42.6 Å². The van der Waals surface area contributed by atoms with E-state index < -0.39 is 0 Å². The fourth-order valence-corrected chi connectivity index (χ4v) is 4.27. The third-order valence-electron chi connectivity index (χ3n) is 5.78. The van der Waals surface area contributed by atoms with E-state index in [1.165, 1.54) is 11.3 Å². The molecule has 0 radical (unpaired) electrons. The number of benzene rings is 1. The zero-order valence-corrected chi connectivity index (χ0v) is 16.6. The summed E-state index contributed by atoms with van der Waals surface area (Å²) >= 11 is 0. The van der Waals surface area contributed by atoms with Gasteiger partial charge in [-0.1, -0.05) is 12.1 Å². The molecule has 3 heterocycles. The highest BCUT2D eigenvalue weighted by Crippen LogP contribution is 2.31. The molecule has 4 rings (SSSR count). The van der Waals surface area contributed by atoms with Crippen LogP contribution in [0.25, 0.3) is 0 Å². The van der Waals surface area contributed by atoms with Crippen LogP contribution in [0.5, 0.6) is 0 Å². The van der Waals surface area contributed by atoms with Gasteiger partial charge in [-0.15, -0.1) is 0 Å². The molecule has 150 valence electrons. The number of carbonyl (C=O) groups excluding carboxylic acids is 1. The molecule has 1 aromatic heterocycles. The molecule has 1 aromatic carbocycles. The Morgan fingerprint density at radius 3 is 2.64 bits per heavy atom. The summed E-state index contributed by atoms with van der Waals surface area (Å²) in [7, 11) is 2.07. The molecule has 0 spiro atoms. The first kappa shape index (κ1) is 19.2. The lowest BCUT2D eigenvalue weighted by molar-refractivity contribution is -0.117. The smallest absolute Gasteiger partial charge is 0.238 e. The van der Waals surface area contributed by atoms with Crippen molar-refractivity contribution >= 4 is 11.6 Å². The number of rotatable bonds is 6. The van der Waals surface area contributed by atoms with E-state index in [4.69, 9.17) is 4.74 Å². The first-order valence-electron chi connectivity index (χ1n) is 10.2. The Kier molecular flexibility index (Phi) is 6.10. The van der Waals surface area contributed by atoms with Gasteiger partial charge in [-0.25, -0.2) is 0 Å². The lowest BCUT2D eigenvalue weighted by atomic mass is 10.1. The van der Waals surface area contributed by atoms with Gasteiger partial charge in [0.05, 0.1) is 25.8 Å². The van der Waals surface area contributed by atoms with Gasteiger partial charge in [-0.2, -0.15) is 0 Å². The number of aromatic nitrogens is 1. The maximum atomic E-state index is 12.6. The fraction of sp³-hybridized carbons (Fsp3) is 0.500. The number of hydrogen-bond acceptors (Lipinski definition) is 4. The summed E-state index contributed by atoms with van der Waals surface area (Å²) in [5.74, 6) is 0.0574. The van der Waals surface area contributed by atoms with E-state index in [2.05, 4.69) is 57.2 Å². The van der Waals surface area contributed by atoms with Gasteiger partial charge in [0.1, 0.15) is 0 Å². The topological polar surface area (TPSA) is 49.7 Å². The predicted molar refractivity (Wildman–Crippen MR) is 110 cm³/mol. The van der Waals surface area contributed by atoms with Gasteiger partial charge in [0.15, 0.2) is 0 Å². The number of nitrogens with zero attached hydrogens (tertiary/aromatic N) is 3. The molecule has 2 saturated heterocycles. The van der Waals surface area contributed by atoms with E-state index in [0.717, 1.165) is 57.9 Å². The molecular weight excluding hydrogens is 352 g/mol. The van der Waals surface area contributed by atoms with Crippen LogP contribution in [0.3, 0.4) is 0 Å². The van der Waals surface area contributed by atoms with Crippen LogP contribution >= 0.6 is 0 Å². The largest absolute Gasteiger partial charge is 0.379 e. The number of hydrogen-bond donors (Lipinski definition) is 1. The summed E-state index contributed by atoms with van der Waals surface area (Å²) in [6, 6.07) is 12.8. The number of likely N-dealkylation sites (tertiary alicyclic amines) is 1. The van der Waals surface area contributed by atoms with Crippen molar-refractivity contribution in [3.8, 4) is 0 Å². The average molecular weight is 383 g/mol. The summed E-state index contributed by atoms with van der Waals surface area (Å²) in [6.07, 6.45) is 4.32. The van der Waals surface area contributed by atoms with Crippen LogP contribution in [0.1, 0.15) is 30.1 Å². The minimum atomic E-state index is 0.0574. The van der Waals surface area contributed by atoms with Crippen LogP contribution in [0.4, 0.5) is 5.69 Å². The second kappa shape index (κ2) is 8.90. The summed E-state index contributed by atoms with van der Waals surface area (Å²) in [5, 5.41) is 3.06. The highest BCUT2D eigenvalue weighted by molar-refractivity contribution is 5.92. The van der Waals surface area contributed by atoms with Crippen LogP contribution < -0.4 is 5.32 Å². The molecule has 0 bridgehead atoms. The average Bonchev–Trinajstić information content (AvgIpc) is 3.32. The number of ether oxygens (including phenoxy) is 1. The van der Waals surface area contributed by atoms with Crippen molar-refractivity contribution in [3.63, 3.8) is 0 Å². The van der Waals surface area contributed by atoms with Crippen molar-refractivity contribution in [2.45, 2.75) is 25.4 Å². The standard InChI is InChI=1S/C22H30N4O2/c1-24-10-2-4-20(24)21-5-3-11-26(21)17-22(27)23-19-8-6-18(7-9-19)16-25-12-14-28-15-13-25/h2,4,6-10,21H,3,5,11-17H2,1H3,(H,23,27)/t21-/m1/s1. The van der Waals surface area contributed by atoms with Gasteiger partial charge in [0, 0.05) is 44.3 Å². The van der Waals surface area contributed by atoms with E-state index in [-0.39, 0.29) is 5.91 Å². The molecule has 0 aliphatic carbocycles. The summed E-state index contributed by atoms with van der Waals surface area (Å²) in [5.41, 5.74) is 3.42. The zero-order valence-electron chi connectivity index (χ0n) is 16.6. The molecular formula is C22H30N4O2. The van der Waals surface area contributed by atoms with Crippen molar-refractivity contribution in [1.29, 1.82) is 0 Å². The first-order chi connectivity index (χ1) is 13.7. The van der Waals surface area contributed by atoms with Crippen molar-refractivity contribution in [2.24, 2.45) is 7.05 Å². The van der Waals surface area contributed by atoms with E-state index >= 15 is 0 Å². The molecule has 2 aliphatic heterocycles. The molecule has 2 aliphatic rings. The number of anilines is 1. The van der Waals surface area contributed by atoms with Crippen molar-refractivity contribution < 1.29 is 9.53 Å². The Morgan fingerprint density at radius 2 is 1.93 bits per heavy atom. The van der Waals surface area contributed by atoms with Crippen LogP contribution in [-0.4, -0.2) is 59.7 Å². The third kappa shape index (κ3) is 4.63. The fourth-order valence-electron chi connectivity index (χ4n) is 4.27. The van der Waals surface area contributed by atoms with Crippen molar-refractivity contribution in [1.82, 2.24) is 14.4 Å². The lowest BCUT2D eigenvalue weighted by Gasteiger charge is -2.26. The SMILES string of the molecule is Cn1cccc1[C@H]1CCCN1CC(=O)Nc1ccc(CN2CCOCC2)cc1. The number of aryl methyl sites for hydroxylation is 1. The predicted octanol–water partition coefficient (Wildman–Crippen LogP) is 2.63. The van der Waals surface area contributed by atoms with E-state index in [9.17, 15) is 4.79 Å². The number of carbonyl (C=O) groups is 1. The highest BCUT2D eigenvalue weighted by atomic mass is 16.5. The Hall–Kier alpha value is -2.15. The molecule has 2 aromatic rings. The minimum Gasteiger partial charge on any atom is -0.379 e. The second-order valence-electron chi connectivity index (χ2n) is 7.81. The van der Waals surface area contributed by atoms with Crippen LogP contribution in [-0.2, 0) is 23.1 Å². The van der Waals surface area contributed by atoms with Gasteiger partial charge in [0.25, 0.3) is 0 Å². The zero-order chi connectivity index (χ0) is 19.3. The maximum absolute atomic E-state index is 12.6. The summed E-state index contributed by atoms with van der Waals surface area (Å²) < 4.78 is 7.56.